The number of amides is 1. The van der Waals surface area contributed by atoms with E-state index in [1.54, 1.807) is 14.0 Å². The van der Waals surface area contributed by atoms with Crippen LogP contribution in [0.5, 0.6) is 0 Å². The summed E-state index contributed by atoms with van der Waals surface area (Å²) in [6, 6.07) is 0. The number of hydrogen-bond acceptors (Lipinski definition) is 3. The zero-order valence-corrected chi connectivity index (χ0v) is 10.2. The maximum atomic E-state index is 11.5. The van der Waals surface area contributed by atoms with E-state index >= 15 is 0 Å². The van der Waals surface area contributed by atoms with Gasteiger partial charge in [-0.1, -0.05) is 6.92 Å². The van der Waals surface area contributed by atoms with Gasteiger partial charge in [0.25, 0.3) is 0 Å². The third-order valence-corrected chi connectivity index (χ3v) is 2.28. The zero-order valence-electron chi connectivity index (χ0n) is 10.2. The molecule has 0 rings (SSSR count). The molecule has 0 bridgehead atoms. The molecule has 1 N–H and O–H groups in total. The predicted octanol–water partition coefficient (Wildman–Crippen LogP) is 0.982. The fourth-order valence-corrected chi connectivity index (χ4v) is 1.25. The Hall–Kier alpha value is -1.10. The summed E-state index contributed by atoms with van der Waals surface area (Å²) < 4.78 is 5.12. The Morgan fingerprint density at radius 2 is 2.06 bits per heavy atom. The van der Waals surface area contributed by atoms with E-state index in [0.717, 1.165) is 0 Å². The second-order valence-electron chi connectivity index (χ2n) is 3.81. The normalized spacial score (nSPS) is 12.2. The van der Waals surface area contributed by atoms with Crippen LogP contribution in [0.3, 0.4) is 0 Å². The third-order valence-electron chi connectivity index (χ3n) is 2.28. The van der Waals surface area contributed by atoms with E-state index in [-0.39, 0.29) is 12.5 Å². The van der Waals surface area contributed by atoms with Gasteiger partial charge in [-0.05, 0) is 13.3 Å². The fraction of sp³-hybridized carbons (Fsp3) is 0.818. The van der Waals surface area contributed by atoms with Gasteiger partial charge in [-0.2, -0.15) is 0 Å². The monoisotopic (exact) mass is 231 g/mol. The summed E-state index contributed by atoms with van der Waals surface area (Å²) >= 11 is 0. The van der Waals surface area contributed by atoms with Gasteiger partial charge in [0, 0.05) is 33.2 Å². The van der Waals surface area contributed by atoms with Gasteiger partial charge in [0.15, 0.2) is 0 Å². The molecule has 1 unspecified atom stereocenters. The number of carbonyl (C=O) groups is 2. The lowest BCUT2D eigenvalue weighted by molar-refractivity contribution is -0.142. The molecule has 0 heterocycles. The van der Waals surface area contributed by atoms with Gasteiger partial charge in [0.2, 0.25) is 5.91 Å². The summed E-state index contributed by atoms with van der Waals surface area (Å²) in [4.78, 5) is 23.6. The van der Waals surface area contributed by atoms with Crippen LogP contribution in [-0.4, -0.2) is 48.7 Å². The molecule has 0 aromatic rings. The van der Waals surface area contributed by atoms with Crippen LogP contribution in [0, 0.1) is 5.92 Å². The molecular weight excluding hydrogens is 210 g/mol. The highest BCUT2D eigenvalue weighted by Gasteiger charge is 2.16. The molecule has 94 valence electrons. The molecule has 1 amide bonds. The number of carboxylic acid groups (broad SMARTS) is 1. The zero-order chi connectivity index (χ0) is 12.6. The molecule has 0 radical (unpaired) electrons. The molecule has 0 aliphatic rings. The lowest BCUT2D eigenvalue weighted by Gasteiger charge is -2.19. The summed E-state index contributed by atoms with van der Waals surface area (Å²) in [7, 11) is 1.63. The van der Waals surface area contributed by atoms with Gasteiger partial charge >= 0.3 is 5.97 Å². The van der Waals surface area contributed by atoms with Crippen molar-refractivity contribution in [3.05, 3.63) is 0 Å². The number of hydrogen-bond donors (Lipinski definition) is 1. The van der Waals surface area contributed by atoms with Crippen molar-refractivity contribution in [3.8, 4) is 0 Å². The molecule has 5 heteroatoms. The number of ether oxygens (including phenoxy) is 1. The molecule has 5 nitrogen and oxygen atoms in total. The Morgan fingerprint density at radius 3 is 2.56 bits per heavy atom. The highest BCUT2D eigenvalue weighted by molar-refractivity contribution is 5.77. The molecule has 0 fully saturated rings. The SMILES string of the molecule is CCOCCCC(=O)N(C)CC(C)C(=O)O. The standard InChI is InChI=1S/C11H21NO4/c1-4-16-7-5-6-10(13)12(3)8-9(2)11(14)15/h9H,4-8H2,1-3H3,(H,14,15). The minimum absolute atomic E-state index is 0.0344. The van der Waals surface area contributed by atoms with Crippen LogP contribution in [-0.2, 0) is 14.3 Å². The molecule has 0 saturated heterocycles. The highest BCUT2D eigenvalue weighted by atomic mass is 16.5. The first-order valence-corrected chi connectivity index (χ1v) is 5.53. The number of nitrogens with zero attached hydrogens (tertiary/aromatic N) is 1. The molecule has 0 aromatic heterocycles. The Balaban J connectivity index is 3.77. The molecule has 16 heavy (non-hydrogen) atoms. The fourth-order valence-electron chi connectivity index (χ4n) is 1.25. The van der Waals surface area contributed by atoms with E-state index in [1.807, 2.05) is 6.92 Å². The Bertz CT molecular complexity index is 230. The first kappa shape index (κ1) is 14.9. The lowest BCUT2D eigenvalue weighted by atomic mass is 10.1. The average molecular weight is 231 g/mol. The smallest absolute Gasteiger partial charge is 0.308 e. The van der Waals surface area contributed by atoms with Crippen LogP contribution in [0.4, 0.5) is 0 Å². The molecule has 0 spiro atoms. The van der Waals surface area contributed by atoms with E-state index < -0.39 is 11.9 Å². The van der Waals surface area contributed by atoms with E-state index in [4.69, 9.17) is 9.84 Å². The molecule has 0 aliphatic carbocycles. The average Bonchev–Trinajstić information content (AvgIpc) is 2.23. The largest absolute Gasteiger partial charge is 0.481 e. The summed E-state index contributed by atoms with van der Waals surface area (Å²) in [5.74, 6) is -1.44. The van der Waals surface area contributed by atoms with Gasteiger partial charge < -0.3 is 14.7 Å². The van der Waals surface area contributed by atoms with Gasteiger partial charge in [-0.3, -0.25) is 9.59 Å². The van der Waals surface area contributed by atoms with Crippen LogP contribution in [0.15, 0.2) is 0 Å². The lowest BCUT2D eigenvalue weighted by Crippen LogP contribution is -2.33. The third kappa shape index (κ3) is 6.40. The summed E-state index contributed by atoms with van der Waals surface area (Å²) in [5, 5.41) is 8.70. The number of rotatable bonds is 8. The van der Waals surface area contributed by atoms with Crippen molar-refractivity contribution in [2.24, 2.45) is 5.92 Å². The van der Waals surface area contributed by atoms with Crippen molar-refractivity contribution in [1.29, 1.82) is 0 Å². The van der Waals surface area contributed by atoms with E-state index in [0.29, 0.717) is 26.1 Å². The Morgan fingerprint density at radius 1 is 1.44 bits per heavy atom. The second kappa shape index (κ2) is 8.10. The van der Waals surface area contributed by atoms with Crippen molar-refractivity contribution in [3.63, 3.8) is 0 Å². The number of carbonyl (C=O) groups excluding carboxylic acids is 1. The first-order chi connectivity index (χ1) is 7.49. The van der Waals surface area contributed by atoms with E-state index in [9.17, 15) is 9.59 Å². The Labute approximate surface area is 96.4 Å². The van der Waals surface area contributed by atoms with Gasteiger partial charge in [-0.15, -0.1) is 0 Å². The molecule has 1 atom stereocenters. The molecule has 0 aromatic carbocycles. The number of aliphatic carboxylic acids is 1. The van der Waals surface area contributed by atoms with Gasteiger partial charge in [-0.25, -0.2) is 0 Å². The van der Waals surface area contributed by atoms with Crippen LogP contribution in [0.25, 0.3) is 0 Å². The summed E-state index contributed by atoms with van der Waals surface area (Å²) in [6.07, 6.45) is 1.08. The quantitative estimate of drug-likeness (QED) is 0.632. The predicted molar refractivity (Wildman–Crippen MR) is 60.2 cm³/mol. The van der Waals surface area contributed by atoms with E-state index in [2.05, 4.69) is 0 Å². The van der Waals surface area contributed by atoms with Crippen LogP contribution in [0.1, 0.15) is 26.7 Å². The minimum Gasteiger partial charge on any atom is -0.481 e. The van der Waals surface area contributed by atoms with Crippen LogP contribution >= 0.6 is 0 Å². The maximum absolute atomic E-state index is 11.5. The van der Waals surface area contributed by atoms with Crippen molar-refractivity contribution in [1.82, 2.24) is 4.90 Å². The van der Waals surface area contributed by atoms with E-state index in [1.165, 1.54) is 4.90 Å². The van der Waals surface area contributed by atoms with Crippen molar-refractivity contribution >= 4 is 11.9 Å². The highest BCUT2D eigenvalue weighted by Crippen LogP contribution is 2.02. The van der Waals surface area contributed by atoms with Gasteiger partial charge in [0.05, 0.1) is 5.92 Å². The second-order valence-corrected chi connectivity index (χ2v) is 3.81. The van der Waals surface area contributed by atoms with Gasteiger partial charge in [0.1, 0.15) is 0 Å². The number of carboxylic acids is 1. The van der Waals surface area contributed by atoms with Crippen LogP contribution in [0.2, 0.25) is 0 Å². The van der Waals surface area contributed by atoms with Crippen molar-refractivity contribution in [2.75, 3.05) is 26.8 Å². The van der Waals surface area contributed by atoms with Crippen LogP contribution < -0.4 is 0 Å². The topological polar surface area (TPSA) is 66.8 Å². The molecule has 0 saturated carbocycles. The Kier molecular flexibility index (Phi) is 7.54. The minimum atomic E-state index is -0.881. The van der Waals surface area contributed by atoms with Crippen molar-refractivity contribution < 1.29 is 19.4 Å². The van der Waals surface area contributed by atoms with Crippen molar-refractivity contribution in [2.45, 2.75) is 26.7 Å². The summed E-state index contributed by atoms with van der Waals surface area (Å²) in [6.45, 7) is 4.97. The summed E-state index contributed by atoms with van der Waals surface area (Å²) in [5.41, 5.74) is 0. The maximum Gasteiger partial charge on any atom is 0.308 e. The first-order valence-electron chi connectivity index (χ1n) is 5.53. The molecule has 0 aliphatic heterocycles. The molecular formula is C11H21NO4.